The van der Waals surface area contributed by atoms with Crippen molar-refractivity contribution in [2.24, 2.45) is 11.8 Å². The van der Waals surface area contributed by atoms with E-state index in [2.05, 4.69) is 39.2 Å². The minimum absolute atomic E-state index is 0.00639. The summed E-state index contributed by atoms with van der Waals surface area (Å²) in [5, 5.41) is 32.9. The summed E-state index contributed by atoms with van der Waals surface area (Å²) in [5.74, 6) is -0.132. The van der Waals surface area contributed by atoms with Crippen molar-refractivity contribution in [3.05, 3.63) is 64.8 Å². The van der Waals surface area contributed by atoms with E-state index in [1.807, 2.05) is 13.8 Å². The minimum atomic E-state index is -0.155. The van der Waals surface area contributed by atoms with Crippen molar-refractivity contribution in [1.82, 2.24) is 0 Å². The van der Waals surface area contributed by atoms with Gasteiger partial charge >= 0.3 is 0 Å². The third-order valence-corrected chi connectivity index (χ3v) is 6.76. The molecule has 0 bridgehead atoms. The Morgan fingerprint density at radius 3 is 1.52 bits per heavy atom. The van der Waals surface area contributed by atoms with Gasteiger partial charge in [0.05, 0.1) is 0 Å². The topological polar surface area (TPSA) is 60.7 Å². The maximum Gasteiger partial charge on any atom is 0.130 e. The summed E-state index contributed by atoms with van der Waals surface area (Å²) < 4.78 is 0. The molecule has 3 rings (SSSR count). The largest absolute Gasteiger partial charge is 0.507 e. The average Bonchev–Trinajstić information content (AvgIpc) is 2.61. The summed E-state index contributed by atoms with van der Waals surface area (Å²) in [5.41, 5.74) is 5.58. The van der Waals surface area contributed by atoms with Crippen molar-refractivity contribution < 1.29 is 15.3 Å². The molecule has 156 valence electrons. The van der Waals surface area contributed by atoms with Crippen LogP contribution >= 0.6 is 0 Å². The lowest BCUT2D eigenvalue weighted by Gasteiger charge is -2.34. The molecule has 0 saturated carbocycles. The van der Waals surface area contributed by atoms with Crippen molar-refractivity contribution in [2.75, 3.05) is 0 Å². The van der Waals surface area contributed by atoms with Crippen LogP contribution in [-0.2, 0) is 0 Å². The second-order valence-corrected chi connectivity index (χ2v) is 9.15. The molecule has 0 heterocycles. The highest BCUT2D eigenvalue weighted by Gasteiger charge is 2.35. The summed E-state index contributed by atoms with van der Waals surface area (Å²) >= 11 is 0. The van der Waals surface area contributed by atoms with Gasteiger partial charge in [-0.15, -0.1) is 0 Å². The van der Waals surface area contributed by atoms with E-state index in [9.17, 15) is 15.3 Å². The van der Waals surface area contributed by atoms with E-state index in [0.717, 1.165) is 36.8 Å². The van der Waals surface area contributed by atoms with E-state index >= 15 is 0 Å². The maximum absolute atomic E-state index is 11.4. The molecule has 29 heavy (non-hydrogen) atoms. The van der Waals surface area contributed by atoms with E-state index in [-0.39, 0.29) is 40.9 Å². The SMILES string of the molecule is C=C(C)C1CCC(C)=CC1c1c(O)cc(O)c(C2C=C(C)CCC2C(=C)C)c1O. The molecule has 0 spiro atoms. The van der Waals surface area contributed by atoms with Crippen LogP contribution in [0.15, 0.2) is 53.7 Å². The molecule has 1 aromatic rings. The second kappa shape index (κ2) is 8.14. The first-order valence-corrected chi connectivity index (χ1v) is 10.5. The van der Waals surface area contributed by atoms with Crippen LogP contribution in [0.5, 0.6) is 17.2 Å². The number of phenolic OH excluding ortho intramolecular Hbond substituents is 3. The molecular weight excluding hydrogens is 360 g/mol. The average molecular weight is 395 g/mol. The van der Waals surface area contributed by atoms with Crippen molar-refractivity contribution in [1.29, 1.82) is 0 Å². The normalized spacial score (nSPS) is 27.2. The predicted molar refractivity (Wildman–Crippen MR) is 120 cm³/mol. The molecule has 4 unspecified atom stereocenters. The minimum Gasteiger partial charge on any atom is -0.507 e. The lowest BCUT2D eigenvalue weighted by atomic mass is 9.70. The van der Waals surface area contributed by atoms with Gasteiger partial charge in [-0.25, -0.2) is 0 Å². The van der Waals surface area contributed by atoms with Crippen LogP contribution in [0.2, 0.25) is 0 Å². The molecule has 0 aliphatic heterocycles. The predicted octanol–water partition coefficient (Wildman–Crippen LogP) is 6.84. The van der Waals surface area contributed by atoms with Gasteiger partial charge in [0.1, 0.15) is 17.2 Å². The Labute approximate surface area is 174 Å². The first-order chi connectivity index (χ1) is 13.6. The van der Waals surface area contributed by atoms with Gasteiger partial charge in [-0.1, -0.05) is 47.6 Å². The molecule has 2 aliphatic rings. The Bertz CT molecular complexity index is 833. The zero-order valence-electron chi connectivity index (χ0n) is 18.1. The number of hydrogen-bond donors (Lipinski definition) is 3. The summed E-state index contributed by atoms with van der Waals surface area (Å²) in [6.45, 7) is 16.5. The summed E-state index contributed by atoms with van der Waals surface area (Å²) in [6, 6.07) is 1.39. The third kappa shape index (κ3) is 4.01. The number of rotatable bonds is 4. The summed E-state index contributed by atoms with van der Waals surface area (Å²) in [4.78, 5) is 0. The number of hydrogen-bond acceptors (Lipinski definition) is 3. The smallest absolute Gasteiger partial charge is 0.130 e. The first-order valence-electron chi connectivity index (χ1n) is 10.5. The second-order valence-electron chi connectivity index (χ2n) is 9.15. The van der Waals surface area contributed by atoms with Gasteiger partial charge < -0.3 is 15.3 Å². The van der Waals surface area contributed by atoms with E-state index in [4.69, 9.17) is 0 Å². The van der Waals surface area contributed by atoms with Crippen molar-refractivity contribution in [3.8, 4) is 17.2 Å². The fourth-order valence-corrected chi connectivity index (χ4v) is 5.14. The van der Waals surface area contributed by atoms with Crippen molar-refractivity contribution >= 4 is 0 Å². The van der Waals surface area contributed by atoms with E-state index in [1.54, 1.807) is 0 Å². The molecule has 3 nitrogen and oxygen atoms in total. The van der Waals surface area contributed by atoms with Gasteiger partial charge in [0.15, 0.2) is 0 Å². The van der Waals surface area contributed by atoms with Crippen LogP contribution in [0.25, 0.3) is 0 Å². The van der Waals surface area contributed by atoms with Crippen molar-refractivity contribution in [2.45, 2.75) is 65.2 Å². The fraction of sp³-hybridized carbons (Fsp3) is 0.462. The number of benzene rings is 1. The molecule has 0 amide bonds. The standard InChI is InChI=1S/C26H34O3/c1-14(2)18-9-7-16(5)11-20(18)24-22(27)13-23(28)25(26(24)29)21-12-17(6)8-10-19(21)15(3)4/h11-13,18-21,27-29H,1,3,7-10H2,2,4-6H3. The highest BCUT2D eigenvalue weighted by atomic mass is 16.3. The Morgan fingerprint density at radius 2 is 1.17 bits per heavy atom. The highest BCUT2D eigenvalue weighted by Crippen LogP contribution is 2.53. The molecule has 0 aromatic heterocycles. The molecule has 0 fully saturated rings. The van der Waals surface area contributed by atoms with E-state index < -0.39 is 0 Å². The molecule has 2 aliphatic carbocycles. The lowest BCUT2D eigenvalue weighted by Crippen LogP contribution is -2.20. The molecule has 4 atom stereocenters. The zero-order valence-corrected chi connectivity index (χ0v) is 18.1. The fourth-order valence-electron chi connectivity index (χ4n) is 5.14. The lowest BCUT2D eigenvalue weighted by molar-refractivity contribution is 0.377. The third-order valence-electron chi connectivity index (χ3n) is 6.76. The van der Waals surface area contributed by atoms with Crippen LogP contribution in [0.1, 0.15) is 76.3 Å². The molecule has 0 radical (unpaired) electrons. The Balaban J connectivity index is 2.21. The summed E-state index contributed by atoms with van der Waals surface area (Å²) in [6.07, 6.45) is 8.13. The van der Waals surface area contributed by atoms with E-state index in [1.165, 1.54) is 17.2 Å². The van der Waals surface area contributed by atoms with Crippen LogP contribution in [0.3, 0.4) is 0 Å². The summed E-state index contributed by atoms with van der Waals surface area (Å²) in [7, 11) is 0. The van der Waals surface area contributed by atoms with Gasteiger partial charge in [0.25, 0.3) is 0 Å². The van der Waals surface area contributed by atoms with Gasteiger partial charge in [0, 0.05) is 29.0 Å². The Hall–Kier alpha value is -2.42. The number of aromatic hydroxyl groups is 3. The highest BCUT2D eigenvalue weighted by molar-refractivity contribution is 5.61. The zero-order chi connectivity index (χ0) is 21.5. The van der Waals surface area contributed by atoms with Crippen LogP contribution in [0, 0.1) is 11.8 Å². The van der Waals surface area contributed by atoms with Crippen LogP contribution in [-0.4, -0.2) is 15.3 Å². The molecular formula is C26H34O3. The quantitative estimate of drug-likeness (QED) is 0.490. The monoisotopic (exact) mass is 394 g/mol. The van der Waals surface area contributed by atoms with Crippen LogP contribution < -0.4 is 0 Å². The van der Waals surface area contributed by atoms with Gasteiger partial charge in [0.2, 0.25) is 0 Å². The van der Waals surface area contributed by atoms with Crippen LogP contribution in [0.4, 0.5) is 0 Å². The molecule has 0 saturated heterocycles. The number of allylic oxidation sites excluding steroid dienone is 6. The maximum atomic E-state index is 11.4. The first kappa shape index (κ1) is 21.3. The Morgan fingerprint density at radius 1 is 0.793 bits per heavy atom. The Kier molecular flexibility index (Phi) is 5.97. The number of phenols is 3. The molecule has 3 heteroatoms. The van der Waals surface area contributed by atoms with Gasteiger partial charge in [-0.2, -0.15) is 0 Å². The van der Waals surface area contributed by atoms with Gasteiger partial charge in [-0.05, 0) is 65.2 Å². The van der Waals surface area contributed by atoms with E-state index in [0.29, 0.717) is 11.1 Å². The van der Waals surface area contributed by atoms with Gasteiger partial charge in [-0.3, -0.25) is 0 Å². The van der Waals surface area contributed by atoms with Crippen molar-refractivity contribution in [3.63, 3.8) is 0 Å². The molecule has 1 aromatic carbocycles. The molecule has 3 N–H and O–H groups in total.